The zero-order valence-corrected chi connectivity index (χ0v) is 21.2. The van der Waals surface area contributed by atoms with E-state index in [1.807, 2.05) is 11.8 Å². The number of nitrogens with zero attached hydrogens (tertiary/aromatic N) is 3. The molecular formula is C28H40FN3O3. The van der Waals surface area contributed by atoms with E-state index in [0.717, 1.165) is 58.0 Å². The van der Waals surface area contributed by atoms with Crippen molar-refractivity contribution in [1.82, 2.24) is 14.7 Å². The molecule has 7 heteroatoms. The molecule has 6 nitrogen and oxygen atoms in total. The van der Waals surface area contributed by atoms with E-state index in [2.05, 4.69) is 12.0 Å². The highest BCUT2D eigenvalue weighted by atomic mass is 19.1. The van der Waals surface area contributed by atoms with Crippen molar-refractivity contribution >= 4 is 11.7 Å². The molecule has 2 heterocycles. The fraction of sp³-hybridized carbons (Fsp3) is 0.821. The average molecular weight is 486 g/mol. The smallest absolute Gasteiger partial charge is 0.257 e. The molecule has 1 aromatic rings. The molecule has 192 valence electrons. The number of rotatable bonds is 4. The third-order valence-electron chi connectivity index (χ3n) is 11.0. The molecule has 1 N–H and O–H groups in total. The lowest BCUT2D eigenvalue weighted by Crippen LogP contribution is -2.58. The molecule has 35 heavy (non-hydrogen) atoms. The quantitative estimate of drug-likeness (QED) is 0.686. The van der Waals surface area contributed by atoms with Gasteiger partial charge in [-0.2, -0.15) is 5.10 Å². The highest BCUT2D eigenvalue weighted by Crippen LogP contribution is 2.66. The Balaban J connectivity index is 1.15. The number of carbonyl (C=O) groups excluding carboxylic acids is 2. The van der Waals surface area contributed by atoms with Crippen LogP contribution >= 0.6 is 0 Å². The maximum Gasteiger partial charge on any atom is 0.257 e. The number of amides is 1. The second-order valence-corrected chi connectivity index (χ2v) is 13.0. The molecule has 0 aromatic carbocycles. The second kappa shape index (κ2) is 8.12. The van der Waals surface area contributed by atoms with Crippen LogP contribution in [0, 0.1) is 35.0 Å². The molecule has 5 aliphatic rings. The lowest BCUT2D eigenvalue weighted by molar-refractivity contribution is -0.166. The van der Waals surface area contributed by atoms with E-state index < -0.39 is 11.3 Å². The fourth-order valence-corrected chi connectivity index (χ4v) is 9.04. The molecule has 0 spiro atoms. The van der Waals surface area contributed by atoms with Crippen molar-refractivity contribution < 1.29 is 19.1 Å². The topological polar surface area (TPSA) is 75.4 Å². The minimum Gasteiger partial charge on any atom is -0.390 e. The Morgan fingerprint density at radius 2 is 1.89 bits per heavy atom. The van der Waals surface area contributed by atoms with Gasteiger partial charge < -0.3 is 10.0 Å². The molecule has 4 aliphatic carbocycles. The summed E-state index contributed by atoms with van der Waals surface area (Å²) in [4.78, 5) is 27.8. The largest absolute Gasteiger partial charge is 0.390 e. The number of Topliss-reactive ketones (excluding diaryl/α,β-unsaturated/α-hetero) is 1. The number of aliphatic hydroxyl groups is 1. The van der Waals surface area contributed by atoms with Gasteiger partial charge in [-0.05, 0) is 100 Å². The van der Waals surface area contributed by atoms with E-state index in [-0.39, 0.29) is 41.4 Å². The SMILES string of the molecule is C[C@@]1(O)CC[C@@]2(F)[C@H](CC[C@H]3[C@@H]4CC[C@H](C(=O)Cn5cc(C(=O)N6CCC6)cn5)[C@@]4(C)CC[C@@H]32)C1. The molecule has 8 atom stereocenters. The van der Waals surface area contributed by atoms with Crippen molar-refractivity contribution in [2.75, 3.05) is 13.1 Å². The predicted molar refractivity (Wildman–Crippen MR) is 129 cm³/mol. The molecule has 1 amide bonds. The van der Waals surface area contributed by atoms with Crippen LogP contribution in [-0.4, -0.2) is 55.8 Å². The van der Waals surface area contributed by atoms with Gasteiger partial charge in [0, 0.05) is 25.2 Å². The van der Waals surface area contributed by atoms with Gasteiger partial charge in [0.25, 0.3) is 5.91 Å². The number of alkyl halides is 1. The van der Waals surface area contributed by atoms with Gasteiger partial charge >= 0.3 is 0 Å². The van der Waals surface area contributed by atoms with Crippen molar-refractivity contribution in [3.05, 3.63) is 18.0 Å². The zero-order valence-electron chi connectivity index (χ0n) is 21.2. The Morgan fingerprint density at radius 1 is 1.09 bits per heavy atom. The Morgan fingerprint density at radius 3 is 2.63 bits per heavy atom. The van der Waals surface area contributed by atoms with E-state index >= 15 is 4.39 Å². The first-order chi connectivity index (χ1) is 16.6. The molecule has 1 aromatic heterocycles. The van der Waals surface area contributed by atoms with Gasteiger partial charge in [0.15, 0.2) is 5.78 Å². The molecule has 1 aliphatic heterocycles. The van der Waals surface area contributed by atoms with Gasteiger partial charge in [-0.1, -0.05) is 6.92 Å². The van der Waals surface area contributed by atoms with Gasteiger partial charge in [0.2, 0.25) is 0 Å². The van der Waals surface area contributed by atoms with Gasteiger partial charge in [0.05, 0.1) is 23.9 Å². The van der Waals surface area contributed by atoms with Crippen molar-refractivity contribution in [3.8, 4) is 0 Å². The first kappa shape index (κ1) is 23.6. The van der Waals surface area contributed by atoms with Crippen LogP contribution in [0.3, 0.4) is 0 Å². The average Bonchev–Trinajstić information content (AvgIpc) is 3.37. The number of aromatic nitrogens is 2. The van der Waals surface area contributed by atoms with E-state index in [1.165, 1.54) is 0 Å². The third-order valence-corrected chi connectivity index (χ3v) is 11.0. The third kappa shape index (κ3) is 3.70. The van der Waals surface area contributed by atoms with E-state index in [1.54, 1.807) is 17.1 Å². The highest BCUT2D eigenvalue weighted by Gasteiger charge is 2.63. The Kier molecular flexibility index (Phi) is 5.48. The normalized spacial score (nSPS) is 44.7. The van der Waals surface area contributed by atoms with Gasteiger partial charge in [-0.3, -0.25) is 14.3 Å². The van der Waals surface area contributed by atoms with E-state index in [4.69, 9.17) is 0 Å². The van der Waals surface area contributed by atoms with E-state index in [0.29, 0.717) is 36.7 Å². The maximum atomic E-state index is 16.6. The van der Waals surface area contributed by atoms with Crippen LogP contribution in [0.5, 0.6) is 0 Å². The summed E-state index contributed by atoms with van der Waals surface area (Å²) >= 11 is 0. The number of likely N-dealkylation sites (tertiary alicyclic amines) is 1. The molecule has 4 saturated carbocycles. The minimum absolute atomic E-state index is 0.00106. The number of hydrogen-bond donors (Lipinski definition) is 1. The molecule has 1 saturated heterocycles. The van der Waals surface area contributed by atoms with Crippen LogP contribution in [0.25, 0.3) is 0 Å². The standard InChI is InChI=1S/C28H40FN3O3/c1-26(35)10-11-28(29)19(14-26)4-5-20-21-6-7-23(27(21,2)9-8-22(20)28)24(33)17-32-16-18(15-30-32)25(34)31-12-3-13-31/h15-16,19-23,35H,3-14,17H2,1-2H3/t19-,20+,21+,22+,23-,26-,27+,28-/m1/s1. The first-order valence-corrected chi connectivity index (χ1v) is 13.9. The predicted octanol–water partition coefficient (Wildman–Crippen LogP) is 4.41. The summed E-state index contributed by atoms with van der Waals surface area (Å²) in [5.41, 5.74) is -1.40. The van der Waals surface area contributed by atoms with Crippen LogP contribution in [-0.2, 0) is 11.3 Å². The summed E-state index contributed by atoms with van der Waals surface area (Å²) < 4.78 is 18.2. The lowest BCUT2D eigenvalue weighted by atomic mass is 9.48. The maximum absolute atomic E-state index is 16.6. The minimum atomic E-state index is -1.15. The number of hydrogen-bond acceptors (Lipinski definition) is 4. The van der Waals surface area contributed by atoms with Crippen molar-refractivity contribution in [2.45, 2.75) is 95.9 Å². The first-order valence-electron chi connectivity index (χ1n) is 13.9. The van der Waals surface area contributed by atoms with Crippen molar-refractivity contribution in [3.63, 3.8) is 0 Å². The van der Waals surface area contributed by atoms with Gasteiger partial charge in [0.1, 0.15) is 5.67 Å². The van der Waals surface area contributed by atoms with Gasteiger partial charge in [-0.15, -0.1) is 0 Å². The number of carbonyl (C=O) groups is 2. The fourth-order valence-electron chi connectivity index (χ4n) is 9.04. The molecular weight excluding hydrogens is 445 g/mol. The molecule has 0 unspecified atom stereocenters. The molecule has 0 radical (unpaired) electrons. The lowest BCUT2D eigenvalue weighted by Gasteiger charge is -2.59. The summed E-state index contributed by atoms with van der Waals surface area (Å²) in [6.07, 6.45) is 11.5. The molecule has 5 fully saturated rings. The number of ketones is 1. The van der Waals surface area contributed by atoms with Crippen LogP contribution in [0.15, 0.2) is 12.4 Å². The number of fused-ring (bicyclic) bond motifs is 5. The Hall–Kier alpha value is -1.76. The second-order valence-electron chi connectivity index (χ2n) is 13.0. The molecule has 0 bridgehead atoms. The zero-order chi connectivity index (χ0) is 24.6. The Labute approximate surface area is 207 Å². The van der Waals surface area contributed by atoms with Crippen LogP contribution < -0.4 is 0 Å². The van der Waals surface area contributed by atoms with E-state index in [9.17, 15) is 14.7 Å². The van der Waals surface area contributed by atoms with Crippen molar-refractivity contribution in [1.29, 1.82) is 0 Å². The molecule has 6 rings (SSSR count). The van der Waals surface area contributed by atoms with Gasteiger partial charge in [-0.25, -0.2) is 4.39 Å². The Bertz CT molecular complexity index is 1020. The number of halogens is 1. The van der Waals surface area contributed by atoms with Crippen LogP contribution in [0.2, 0.25) is 0 Å². The summed E-state index contributed by atoms with van der Waals surface area (Å²) in [6, 6.07) is 0. The summed E-state index contributed by atoms with van der Waals surface area (Å²) in [7, 11) is 0. The summed E-state index contributed by atoms with van der Waals surface area (Å²) in [6.45, 7) is 5.96. The monoisotopic (exact) mass is 485 g/mol. The summed E-state index contributed by atoms with van der Waals surface area (Å²) in [5, 5.41) is 14.9. The summed E-state index contributed by atoms with van der Waals surface area (Å²) in [5.74, 6) is 0.980. The van der Waals surface area contributed by atoms with Crippen molar-refractivity contribution in [2.24, 2.45) is 35.0 Å². The highest BCUT2D eigenvalue weighted by molar-refractivity contribution is 5.94. The van der Waals surface area contributed by atoms with Crippen LogP contribution in [0.4, 0.5) is 4.39 Å². The van der Waals surface area contributed by atoms with Crippen LogP contribution in [0.1, 0.15) is 88.4 Å².